The van der Waals surface area contributed by atoms with Gasteiger partial charge in [-0.2, -0.15) is 5.10 Å². The molecule has 1 aliphatic heterocycles. The molecule has 1 amide bonds. The molecule has 0 unspecified atom stereocenters. The van der Waals surface area contributed by atoms with Crippen LogP contribution in [0.4, 0.5) is 5.69 Å². The topological polar surface area (TPSA) is 114 Å². The van der Waals surface area contributed by atoms with E-state index in [1.165, 1.54) is 6.07 Å². The first kappa shape index (κ1) is 19.1. The van der Waals surface area contributed by atoms with E-state index in [0.29, 0.717) is 31.9 Å². The number of anilines is 1. The Labute approximate surface area is 167 Å². The highest BCUT2D eigenvalue weighted by Crippen LogP contribution is 2.28. The van der Waals surface area contributed by atoms with E-state index in [9.17, 15) is 9.59 Å². The van der Waals surface area contributed by atoms with Crippen molar-refractivity contribution in [2.45, 2.75) is 38.9 Å². The lowest BCUT2D eigenvalue weighted by molar-refractivity contribution is 0.0904. The maximum atomic E-state index is 13.0. The number of ether oxygens (including phenoxy) is 1. The molecule has 1 aliphatic rings. The number of aromatic amines is 1. The van der Waals surface area contributed by atoms with Crippen LogP contribution in [0.2, 0.25) is 0 Å². The number of carbonyl (C=O) groups excluding carboxylic acids is 1. The van der Waals surface area contributed by atoms with E-state index >= 15 is 0 Å². The van der Waals surface area contributed by atoms with Crippen LogP contribution in [0.15, 0.2) is 35.5 Å². The molecule has 0 aromatic carbocycles. The number of nitrogens with zero attached hydrogens (tertiary/aromatic N) is 3. The zero-order chi connectivity index (χ0) is 20.2. The Morgan fingerprint density at radius 2 is 2.14 bits per heavy atom. The minimum Gasteiger partial charge on any atom is -0.381 e. The standard InChI is InChI=1S/C20H24N6O3/c1-2-26-19-15(12-24-26)18(25-14-5-7-29-8-6-14)16(11-22-19)20(28)23-10-13-3-4-17(27)21-9-13/h3-4,9,11-12,14H,2,5-8,10H2,1H3,(H,21,27)(H,22,25)(H,23,28). The second-order valence-electron chi connectivity index (χ2n) is 7.02. The molecule has 0 atom stereocenters. The van der Waals surface area contributed by atoms with Crippen molar-refractivity contribution in [2.75, 3.05) is 18.5 Å². The van der Waals surface area contributed by atoms with E-state index in [4.69, 9.17) is 4.74 Å². The Balaban J connectivity index is 1.62. The van der Waals surface area contributed by atoms with Gasteiger partial charge in [-0.1, -0.05) is 6.07 Å². The molecule has 1 saturated heterocycles. The first-order valence-electron chi connectivity index (χ1n) is 9.80. The molecule has 3 N–H and O–H groups in total. The van der Waals surface area contributed by atoms with Crippen LogP contribution in [0, 0.1) is 0 Å². The van der Waals surface area contributed by atoms with Gasteiger partial charge < -0.3 is 20.4 Å². The van der Waals surface area contributed by atoms with Crippen molar-refractivity contribution >= 4 is 22.6 Å². The summed E-state index contributed by atoms with van der Waals surface area (Å²) < 4.78 is 7.26. The van der Waals surface area contributed by atoms with Crippen molar-refractivity contribution in [1.82, 2.24) is 25.1 Å². The number of carbonyl (C=O) groups is 1. The third-order valence-corrected chi connectivity index (χ3v) is 5.08. The smallest absolute Gasteiger partial charge is 0.255 e. The molecule has 0 radical (unpaired) electrons. The lowest BCUT2D eigenvalue weighted by atomic mass is 10.1. The SMILES string of the molecule is CCn1ncc2c(NC3CCOCC3)c(C(=O)NCc3ccc(=O)[nH]c3)cnc21. The van der Waals surface area contributed by atoms with Gasteiger partial charge in [-0.05, 0) is 25.3 Å². The minimum atomic E-state index is -0.232. The van der Waals surface area contributed by atoms with Crippen molar-refractivity contribution in [3.8, 4) is 0 Å². The van der Waals surface area contributed by atoms with Crippen LogP contribution in [0.3, 0.4) is 0 Å². The largest absolute Gasteiger partial charge is 0.381 e. The van der Waals surface area contributed by atoms with Gasteiger partial charge in [0.05, 0.1) is 22.8 Å². The van der Waals surface area contributed by atoms with Gasteiger partial charge in [0.15, 0.2) is 5.65 Å². The van der Waals surface area contributed by atoms with E-state index < -0.39 is 0 Å². The van der Waals surface area contributed by atoms with Crippen LogP contribution >= 0.6 is 0 Å². The van der Waals surface area contributed by atoms with E-state index in [0.717, 1.165) is 35.1 Å². The van der Waals surface area contributed by atoms with Gasteiger partial charge in [0, 0.05) is 50.8 Å². The minimum absolute atomic E-state index is 0.175. The quantitative estimate of drug-likeness (QED) is 0.584. The van der Waals surface area contributed by atoms with Crippen molar-refractivity contribution < 1.29 is 9.53 Å². The number of hydrogen-bond acceptors (Lipinski definition) is 6. The number of pyridine rings is 2. The second-order valence-corrected chi connectivity index (χ2v) is 7.02. The van der Waals surface area contributed by atoms with Crippen molar-refractivity contribution in [3.63, 3.8) is 0 Å². The zero-order valence-corrected chi connectivity index (χ0v) is 16.3. The number of aryl methyl sites for hydroxylation is 1. The molecule has 29 heavy (non-hydrogen) atoms. The molecule has 3 aromatic rings. The van der Waals surface area contributed by atoms with Gasteiger partial charge in [-0.15, -0.1) is 0 Å². The number of amides is 1. The summed E-state index contributed by atoms with van der Waals surface area (Å²) >= 11 is 0. The number of nitrogens with one attached hydrogen (secondary N) is 3. The molecule has 1 fully saturated rings. The normalized spacial score (nSPS) is 14.8. The molecule has 152 valence electrons. The molecule has 4 rings (SSSR count). The average Bonchev–Trinajstić information content (AvgIpc) is 3.18. The average molecular weight is 396 g/mol. The van der Waals surface area contributed by atoms with Crippen LogP contribution < -0.4 is 16.2 Å². The summed E-state index contributed by atoms with van der Waals surface area (Å²) in [5.74, 6) is -0.232. The summed E-state index contributed by atoms with van der Waals surface area (Å²) in [5, 5.41) is 11.7. The number of fused-ring (bicyclic) bond motifs is 1. The molecule has 4 heterocycles. The van der Waals surface area contributed by atoms with Crippen LogP contribution in [0.1, 0.15) is 35.7 Å². The first-order chi connectivity index (χ1) is 14.2. The monoisotopic (exact) mass is 396 g/mol. The van der Waals surface area contributed by atoms with Gasteiger partial charge >= 0.3 is 0 Å². The fourth-order valence-corrected chi connectivity index (χ4v) is 3.46. The lowest BCUT2D eigenvalue weighted by Crippen LogP contribution is -2.30. The summed E-state index contributed by atoms with van der Waals surface area (Å²) in [6.07, 6.45) is 6.71. The summed E-state index contributed by atoms with van der Waals surface area (Å²) in [5.41, 5.74) is 2.61. The highest BCUT2D eigenvalue weighted by Gasteiger charge is 2.22. The van der Waals surface area contributed by atoms with E-state index in [1.807, 2.05) is 11.6 Å². The molecule has 0 aliphatic carbocycles. The van der Waals surface area contributed by atoms with Crippen LogP contribution in [0.25, 0.3) is 11.0 Å². The highest BCUT2D eigenvalue weighted by molar-refractivity contribution is 6.06. The third kappa shape index (κ3) is 4.14. The molecule has 0 saturated carbocycles. The summed E-state index contributed by atoms with van der Waals surface area (Å²) in [4.78, 5) is 31.2. The van der Waals surface area contributed by atoms with Crippen LogP contribution in [0.5, 0.6) is 0 Å². The van der Waals surface area contributed by atoms with Crippen molar-refractivity contribution in [2.24, 2.45) is 0 Å². The first-order valence-corrected chi connectivity index (χ1v) is 9.80. The Kier molecular flexibility index (Phi) is 5.57. The van der Waals surface area contributed by atoms with Gasteiger partial charge in [0.25, 0.3) is 5.91 Å². The predicted molar refractivity (Wildman–Crippen MR) is 109 cm³/mol. The summed E-state index contributed by atoms with van der Waals surface area (Å²) in [6, 6.07) is 3.35. The zero-order valence-electron chi connectivity index (χ0n) is 16.3. The number of aromatic nitrogens is 4. The van der Waals surface area contributed by atoms with Crippen LogP contribution in [-0.4, -0.2) is 44.9 Å². The highest BCUT2D eigenvalue weighted by atomic mass is 16.5. The Morgan fingerprint density at radius 1 is 1.31 bits per heavy atom. The molecule has 0 spiro atoms. The summed E-state index contributed by atoms with van der Waals surface area (Å²) in [6.45, 7) is 4.41. The van der Waals surface area contributed by atoms with E-state index in [1.54, 1.807) is 24.7 Å². The fourth-order valence-electron chi connectivity index (χ4n) is 3.46. The summed E-state index contributed by atoms with van der Waals surface area (Å²) in [7, 11) is 0. The fraction of sp³-hybridized carbons (Fsp3) is 0.400. The Bertz CT molecular complexity index is 1050. The number of hydrogen-bond donors (Lipinski definition) is 3. The lowest BCUT2D eigenvalue weighted by Gasteiger charge is -2.25. The van der Waals surface area contributed by atoms with Crippen molar-refractivity contribution in [3.05, 3.63) is 52.2 Å². The number of rotatable bonds is 6. The predicted octanol–water partition coefficient (Wildman–Crippen LogP) is 1.66. The second kappa shape index (κ2) is 8.44. The van der Waals surface area contributed by atoms with Gasteiger partial charge in [-0.3, -0.25) is 9.59 Å². The Hall–Kier alpha value is -3.20. The van der Waals surface area contributed by atoms with Crippen molar-refractivity contribution in [1.29, 1.82) is 0 Å². The van der Waals surface area contributed by atoms with Gasteiger partial charge in [0.2, 0.25) is 5.56 Å². The third-order valence-electron chi connectivity index (χ3n) is 5.08. The molecule has 9 heteroatoms. The van der Waals surface area contributed by atoms with E-state index in [2.05, 4.69) is 25.7 Å². The molecule has 9 nitrogen and oxygen atoms in total. The van der Waals surface area contributed by atoms with Crippen LogP contribution in [-0.2, 0) is 17.8 Å². The number of H-pyrrole nitrogens is 1. The van der Waals surface area contributed by atoms with Gasteiger partial charge in [-0.25, -0.2) is 9.67 Å². The molecule has 0 bridgehead atoms. The molecular weight excluding hydrogens is 372 g/mol. The van der Waals surface area contributed by atoms with E-state index in [-0.39, 0.29) is 17.5 Å². The molecular formula is C20H24N6O3. The maximum Gasteiger partial charge on any atom is 0.255 e. The molecule has 3 aromatic heterocycles. The van der Waals surface area contributed by atoms with Gasteiger partial charge in [0.1, 0.15) is 0 Å². The Morgan fingerprint density at radius 3 is 2.86 bits per heavy atom. The maximum absolute atomic E-state index is 13.0.